The maximum absolute atomic E-state index is 11.1. The molecule has 0 aliphatic rings. The highest BCUT2D eigenvalue weighted by Crippen LogP contribution is 2.13. The van der Waals surface area contributed by atoms with Crippen molar-refractivity contribution in [3.8, 4) is 0 Å². The van der Waals surface area contributed by atoms with Crippen LogP contribution in [0.5, 0.6) is 0 Å². The van der Waals surface area contributed by atoms with Crippen molar-refractivity contribution in [3.05, 3.63) is 0 Å². The van der Waals surface area contributed by atoms with Crippen LogP contribution in [0.25, 0.3) is 0 Å². The number of rotatable bonds is 8. The Balaban J connectivity index is 4.13. The number of nitrogens with two attached hydrogens (primary N) is 1. The lowest BCUT2D eigenvalue weighted by Crippen LogP contribution is -2.59. The van der Waals surface area contributed by atoms with Gasteiger partial charge in [0.2, 0.25) is 5.72 Å². The van der Waals surface area contributed by atoms with Crippen LogP contribution in [-0.2, 0) is 4.79 Å². The van der Waals surface area contributed by atoms with Crippen molar-refractivity contribution in [3.63, 3.8) is 0 Å². The molecular formula is C11H23N3O3. The summed E-state index contributed by atoms with van der Waals surface area (Å²) in [6.45, 7) is 2.10. The standard InChI is InChI=1S/C11H23N3O3/c1-3-4-5-6-7-8-11(17,9(12)15)14-10(16)13-2/h17H,3-8H2,1-2H3,(H2,12,15)(H2,13,14,16). The van der Waals surface area contributed by atoms with Gasteiger partial charge in [-0.25, -0.2) is 4.79 Å². The van der Waals surface area contributed by atoms with Gasteiger partial charge in [0.15, 0.2) is 0 Å². The first kappa shape index (κ1) is 15.7. The quantitative estimate of drug-likeness (QED) is 0.368. The molecular weight excluding hydrogens is 222 g/mol. The molecule has 0 aromatic heterocycles. The molecule has 1 atom stereocenters. The second kappa shape index (κ2) is 7.89. The van der Waals surface area contributed by atoms with Gasteiger partial charge in [-0.05, 0) is 6.42 Å². The van der Waals surface area contributed by atoms with Crippen molar-refractivity contribution >= 4 is 11.9 Å². The summed E-state index contributed by atoms with van der Waals surface area (Å²) in [7, 11) is 1.40. The Morgan fingerprint density at radius 3 is 2.29 bits per heavy atom. The van der Waals surface area contributed by atoms with Crippen LogP contribution in [0.2, 0.25) is 0 Å². The van der Waals surface area contributed by atoms with E-state index in [0.717, 1.165) is 25.7 Å². The summed E-state index contributed by atoms with van der Waals surface area (Å²) in [5.41, 5.74) is 3.13. The van der Waals surface area contributed by atoms with Crippen molar-refractivity contribution in [2.24, 2.45) is 5.73 Å². The molecule has 6 nitrogen and oxygen atoms in total. The van der Waals surface area contributed by atoms with Gasteiger partial charge < -0.3 is 21.5 Å². The number of carbonyl (C=O) groups is 2. The van der Waals surface area contributed by atoms with E-state index < -0.39 is 17.7 Å². The molecule has 0 aliphatic carbocycles. The number of nitrogens with one attached hydrogen (secondary N) is 2. The number of aliphatic hydroxyl groups is 1. The number of carbonyl (C=O) groups excluding carboxylic acids is 2. The van der Waals surface area contributed by atoms with Crippen LogP contribution in [-0.4, -0.2) is 29.8 Å². The monoisotopic (exact) mass is 245 g/mol. The van der Waals surface area contributed by atoms with Crippen LogP contribution in [0.15, 0.2) is 0 Å². The molecule has 0 aliphatic heterocycles. The Hall–Kier alpha value is -1.30. The number of primary amides is 1. The predicted molar refractivity (Wildman–Crippen MR) is 65.1 cm³/mol. The highest BCUT2D eigenvalue weighted by atomic mass is 16.3. The van der Waals surface area contributed by atoms with Crippen LogP contribution in [0.1, 0.15) is 45.4 Å². The maximum atomic E-state index is 11.1. The highest BCUT2D eigenvalue weighted by molar-refractivity contribution is 5.88. The fourth-order valence-corrected chi connectivity index (χ4v) is 1.48. The lowest BCUT2D eigenvalue weighted by atomic mass is 10.0. The summed E-state index contributed by atoms with van der Waals surface area (Å²) < 4.78 is 0. The molecule has 1 unspecified atom stereocenters. The molecule has 0 bridgehead atoms. The molecule has 3 amide bonds. The zero-order valence-electron chi connectivity index (χ0n) is 10.6. The van der Waals surface area contributed by atoms with E-state index in [0.29, 0.717) is 6.42 Å². The first-order chi connectivity index (χ1) is 7.96. The first-order valence-corrected chi connectivity index (χ1v) is 5.98. The lowest BCUT2D eigenvalue weighted by molar-refractivity contribution is -0.139. The lowest BCUT2D eigenvalue weighted by Gasteiger charge is -2.25. The fraction of sp³-hybridized carbons (Fsp3) is 0.818. The van der Waals surface area contributed by atoms with E-state index in [1.807, 2.05) is 0 Å². The van der Waals surface area contributed by atoms with Crippen molar-refractivity contribution in [2.75, 3.05) is 7.05 Å². The molecule has 100 valence electrons. The Morgan fingerprint density at radius 1 is 1.24 bits per heavy atom. The average molecular weight is 245 g/mol. The second-order valence-electron chi connectivity index (χ2n) is 4.09. The number of amides is 3. The average Bonchev–Trinajstić information content (AvgIpc) is 2.28. The third-order valence-electron chi connectivity index (χ3n) is 2.60. The summed E-state index contributed by atoms with van der Waals surface area (Å²) in [5.74, 6) is -0.934. The molecule has 0 saturated carbocycles. The molecule has 0 aromatic rings. The molecule has 17 heavy (non-hydrogen) atoms. The predicted octanol–water partition coefficient (Wildman–Crippen LogP) is 0.450. The van der Waals surface area contributed by atoms with Crippen molar-refractivity contribution in [1.82, 2.24) is 10.6 Å². The Bertz CT molecular complexity index is 258. The SMILES string of the molecule is CCCCCCCC(O)(NC(=O)NC)C(N)=O. The largest absolute Gasteiger partial charge is 0.365 e. The summed E-state index contributed by atoms with van der Waals surface area (Å²) >= 11 is 0. The van der Waals surface area contributed by atoms with Crippen molar-refractivity contribution < 1.29 is 14.7 Å². The minimum atomic E-state index is -1.95. The Labute approximate surface area is 102 Å². The van der Waals surface area contributed by atoms with E-state index >= 15 is 0 Å². The minimum absolute atomic E-state index is 0.138. The van der Waals surface area contributed by atoms with Gasteiger partial charge >= 0.3 is 6.03 Å². The van der Waals surface area contributed by atoms with Gasteiger partial charge in [-0.1, -0.05) is 32.6 Å². The van der Waals surface area contributed by atoms with Crippen LogP contribution in [0.4, 0.5) is 4.79 Å². The third kappa shape index (κ3) is 6.11. The number of hydrogen-bond donors (Lipinski definition) is 4. The van der Waals surface area contributed by atoms with E-state index in [9.17, 15) is 14.7 Å². The summed E-state index contributed by atoms with van der Waals surface area (Å²) in [6, 6.07) is -0.625. The maximum Gasteiger partial charge on any atom is 0.317 e. The van der Waals surface area contributed by atoms with Crippen molar-refractivity contribution in [2.45, 2.75) is 51.2 Å². The third-order valence-corrected chi connectivity index (χ3v) is 2.60. The zero-order valence-corrected chi connectivity index (χ0v) is 10.6. The van der Waals surface area contributed by atoms with Crippen molar-refractivity contribution in [1.29, 1.82) is 0 Å². The molecule has 0 radical (unpaired) electrons. The molecule has 0 spiro atoms. The number of unbranched alkanes of at least 4 members (excludes halogenated alkanes) is 4. The summed E-state index contributed by atoms with van der Waals surface area (Å²) in [4.78, 5) is 22.2. The van der Waals surface area contributed by atoms with Crippen LogP contribution in [0.3, 0.4) is 0 Å². The topological polar surface area (TPSA) is 104 Å². The Morgan fingerprint density at radius 2 is 1.82 bits per heavy atom. The normalized spacial score (nSPS) is 13.8. The second-order valence-corrected chi connectivity index (χ2v) is 4.09. The summed E-state index contributed by atoms with van der Waals surface area (Å²) in [6.07, 6.45) is 4.97. The first-order valence-electron chi connectivity index (χ1n) is 5.98. The zero-order chi connectivity index (χ0) is 13.3. The van der Waals surface area contributed by atoms with E-state index in [1.165, 1.54) is 7.05 Å². The molecule has 0 aromatic carbocycles. The van der Waals surface area contributed by atoms with Gasteiger partial charge in [0, 0.05) is 13.5 Å². The van der Waals surface area contributed by atoms with Crippen LogP contribution < -0.4 is 16.4 Å². The summed E-state index contributed by atoms with van der Waals surface area (Å²) in [5, 5.41) is 14.3. The van der Waals surface area contributed by atoms with E-state index in [1.54, 1.807) is 0 Å². The van der Waals surface area contributed by atoms with E-state index in [-0.39, 0.29) is 6.42 Å². The van der Waals surface area contributed by atoms with Gasteiger partial charge in [0.1, 0.15) is 0 Å². The van der Waals surface area contributed by atoms with Gasteiger partial charge in [0.05, 0.1) is 0 Å². The molecule has 5 N–H and O–H groups in total. The number of hydrogen-bond acceptors (Lipinski definition) is 3. The number of urea groups is 1. The van der Waals surface area contributed by atoms with Gasteiger partial charge in [-0.3, -0.25) is 4.79 Å². The molecule has 0 saturated heterocycles. The van der Waals surface area contributed by atoms with Gasteiger partial charge in [-0.15, -0.1) is 0 Å². The van der Waals surface area contributed by atoms with E-state index in [4.69, 9.17) is 5.73 Å². The molecule has 6 heteroatoms. The smallest absolute Gasteiger partial charge is 0.317 e. The minimum Gasteiger partial charge on any atom is -0.365 e. The van der Waals surface area contributed by atoms with Crippen LogP contribution >= 0.6 is 0 Å². The molecule has 0 fully saturated rings. The molecule has 0 heterocycles. The van der Waals surface area contributed by atoms with E-state index in [2.05, 4.69) is 17.6 Å². The highest BCUT2D eigenvalue weighted by Gasteiger charge is 2.34. The fourth-order valence-electron chi connectivity index (χ4n) is 1.48. The van der Waals surface area contributed by atoms with Gasteiger partial charge in [0.25, 0.3) is 5.91 Å². The Kier molecular flexibility index (Phi) is 7.29. The van der Waals surface area contributed by atoms with Gasteiger partial charge in [-0.2, -0.15) is 0 Å². The van der Waals surface area contributed by atoms with Crippen LogP contribution in [0, 0.1) is 0 Å². The molecule has 0 rings (SSSR count).